The van der Waals surface area contributed by atoms with Crippen LogP contribution in [0.2, 0.25) is 0 Å². The van der Waals surface area contributed by atoms with Crippen LogP contribution in [0.25, 0.3) is 10.2 Å². The normalized spacial score (nSPS) is 12.5. The first kappa shape index (κ1) is 14.3. The average Bonchev–Trinajstić information content (AvgIpc) is 2.71. The third-order valence-corrected chi connectivity index (χ3v) is 5.53. The monoisotopic (exact) mass is 361 g/mol. The lowest BCUT2D eigenvalue weighted by Crippen LogP contribution is -2.20. The Hall–Kier alpha value is -1.12. The fraction of sp³-hybridized carbons (Fsp3) is 0.182. The van der Waals surface area contributed by atoms with E-state index in [4.69, 9.17) is 10.2 Å². The Labute approximate surface area is 124 Å². The molecule has 100 valence electrons. The Kier molecular flexibility index (Phi) is 4.43. The number of hydrogen-bond donors (Lipinski definition) is 2. The van der Waals surface area contributed by atoms with Crippen molar-refractivity contribution in [2.45, 2.75) is 16.0 Å². The lowest BCUT2D eigenvalue weighted by Gasteiger charge is -2.06. The van der Waals surface area contributed by atoms with Gasteiger partial charge < -0.3 is 10.2 Å². The second-order valence-corrected chi connectivity index (χ2v) is 6.91. The molecule has 2 aromatic rings. The van der Waals surface area contributed by atoms with Crippen LogP contribution in [0.4, 0.5) is 0 Å². The molecular weight excluding hydrogens is 354 g/mol. The van der Waals surface area contributed by atoms with Gasteiger partial charge in [-0.1, -0.05) is 17.8 Å². The van der Waals surface area contributed by atoms with Gasteiger partial charge in [0.1, 0.15) is 5.25 Å². The maximum absolute atomic E-state index is 11.0. The first-order valence-corrected chi connectivity index (χ1v) is 7.62. The van der Waals surface area contributed by atoms with Gasteiger partial charge in [-0.3, -0.25) is 9.59 Å². The van der Waals surface area contributed by atoms with Crippen LogP contribution in [0, 0.1) is 0 Å². The van der Waals surface area contributed by atoms with E-state index in [0.717, 1.165) is 26.5 Å². The number of fused-ring (bicyclic) bond motifs is 1. The minimum atomic E-state index is -1.15. The third kappa shape index (κ3) is 3.46. The third-order valence-electron chi connectivity index (χ3n) is 2.23. The van der Waals surface area contributed by atoms with Gasteiger partial charge in [0.2, 0.25) is 0 Å². The average molecular weight is 362 g/mol. The number of carboxylic acid groups (broad SMARTS) is 2. The molecule has 19 heavy (non-hydrogen) atoms. The molecule has 0 radical (unpaired) electrons. The lowest BCUT2D eigenvalue weighted by molar-refractivity contribution is -0.142. The fourth-order valence-electron chi connectivity index (χ4n) is 1.41. The van der Waals surface area contributed by atoms with Gasteiger partial charge in [0, 0.05) is 4.47 Å². The van der Waals surface area contributed by atoms with E-state index in [9.17, 15) is 9.59 Å². The van der Waals surface area contributed by atoms with Gasteiger partial charge in [-0.15, -0.1) is 11.3 Å². The SMILES string of the molecule is O=C(O)CC(Sc1nc2cccc(Br)c2s1)C(=O)O. The maximum Gasteiger partial charge on any atom is 0.317 e. The predicted octanol–water partition coefficient (Wildman–Crippen LogP) is 3.08. The minimum absolute atomic E-state index is 0.433. The predicted molar refractivity (Wildman–Crippen MR) is 76.9 cm³/mol. The summed E-state index contributed by atoms with van der Waals surface area (Å²) in [6.07, 6.45) is -0.433. The molecule has 0 aliphatic heterocycles. The van der Waals surface area contributed by atoms with Crippen molar-refractivity contribution in [1.82, 2.24) is 4.98 Å². The zero-order chi connectivity index (χ0) is 14.0. The molecule has 0 aliphatic rings. The van der Waals surface area contributed by atoms with Gasteiger partial charge in [0.25, 0.3) is 0 Å². The van der Waals surface area contributed by atoms with Crippen LogP contribution < -0.4 is 0 Å². The highest BCUT2D eigenvalue weighted by Gasteiger charge is 2.24. The van der Waals surface area contributed by atoms with Gasteiger partial charge in [-0.05, 0) is 28.1 Å². The number of aliphatic carboxylic acids is 2. The molecule has 0 amide bonds. The van der Waals surface area contributed by atoms with Crippen molar-refractivity contribution in [3.8, 4) is 0 Å². The topological polar surface area (TPSA) is 87.5 Å². The summed E-state index contributed by atoms with van der Waals surface area (Å²) in [4.78, 5) is 25.9. The second kappa shape index (κ2) is 5.89. The van der Waals surface area contributed by atoms with E-state index < -0.39 is 23.6 Å². The summed E-state index contributed by atoms with van der Waals surface area (Å²) in [6.45, 7) is 0. The number of carbonyl (C=O) groups is 2. The minimum Gasteiger partial charge on any atom is -0.481 e. The lowest BCUT2D eigenvalue weighted by atomic mass is 10.3. The summed E-state index contributed by atoms with van der Waals surface area (Å²) in [5.74, 6) is -2.28. The van der Waals surface area contributed by atoms with E-state index in [1.54, 1.807) is 0 Å². The Bertz CT molecular complexity index is 643. The Balaban J connectivity index is 2.26. The number of carboxylic acids is 2. The highest BCUT2D eigenvalue weighted by Crippen LogP contribution is 2.36. The standard InChI is InChI=1S/C11H8BrNO4S2/c12-5-2-1-3-6-9(5)19-11(13-6)18-7(10(16)17)4-8(14)15/h1-3,7H,4H2,(H,14,15)(H,16,17). The summed E-state index contributed by atoms with van der Waals surface area (Å²) in [5, 5.41) is 16.7. The molecule has 0 fully saturated rings. The zero-order valence-electron chi connectivity index (χ0n) is 9.37. The maximum atomic E-state index is 11.0. The highest BCUT2D eigenvalue weighted by atomic mass is 79.9. The van der Waals surface area contributed by atoms with Crippen LogP contribution >= 0.6 is 39.0 Å². The van der Waals surface area contributed by atoms with Gasteiger partial charge in [0.05, 0.1) is 16.6 Å². The van der Waals surface area contributed by atoms with Gasteiger partial charge in [-0.2, -0.15) is 0 Å². The van der Waals surface area contributed by atoms with Crippen molar-refractivity contribution in [1.29, 1.82) is 0 Å². The second-order valence-electron chi connectivity index (χ2n) is 3.61. The van der Waals surface area contributed by atoms with Crippen LogP contribution in [0.5, 0.6) is 0 Å². The largest absolute Gasteiger partial charge is 0.481 e. The van der Waals surface area contributed by atoms with Crippen molar-refractivity contribution in [3.05, 3.63) is 22.7 Å². The van der Waals surface area contributed by atoms with E-state index in [1.807, 2.05) is 18.2 Å². The number of hydrogen-bond acceptors (Lipinski definition) is 5. The molecule has 0 saturated heterocycles. The van der Waals surface area contributed by atoms with Crippen molar-refractivity contribution >= 4 is 61.2 Å². The number of thiazole rings is 1. The smallest absolute Gasteiger partial charge is 0.317 e. The van der Waals surface area contributed by atoms with Crippen molar-refractivity contribution < 1.29 is 19.8 Å². The number of rotatable bonds is 5. The zero-order valence-corrected chi connectivity index (χ0v) is 12.6. The van der Waals surface area contributed by atoms with Crippen molar-refractivity contribution in [3.63, 3.8) is 0 Å². The molecule has 2 rings (SSSR count). The van der Waals surface area contributed by atoms with E-state index in [-0.39, 0.29) is 0 Å². The first-order valence-electron chi connectivity index (χ1n) is 5.13. The molecule has 5 nitrogen and oxygen atoms in total. The summed E-state index contributed by atoms with van der Waals surface area (Å²) >= 11 is 5.71. The van der Waals surface area contributed by atoms with E-state index in [0.29, 0.717) is 4.34 Å². The van der Waals surface area contributed by atoms with Crippen LogP contribution in [-0.4, -0.2) is 32.4 Å². The number of benzene rings is 1. The molecule has 0 bridgehead atoms. The molecule has 1 aromatic carbocycles. The molecule has 0 spiro atoms. The highest BCUT2D eigenvalue weighted by molar-refractivity contribution is 9.10. The van der Waals surface area contributed by atoms with Crippen molar-refractivity contribution in [2.75, 3.05) is 0 Å². The van der Waals surface area contributed by atoms with Gasteiger partial charge in [-0.25, -0.2) is 4.98 Å². The molecule has 1 atom stereocenters. The van der Waals surface area contributed by atoms with Crippen LogP contribution in [0.3, 0.4) is 0 Å². The first-order chi connectivity index (χ1) is 8.97. The molecular formula is C11H8BrNO4S2. The Morgan fingerprint density at radius 3 is 2.74 bits per heavy atom. The van der Waals surface area contributed by atoms with Crippen molar-refractivity contribution in [2.24, 2.45) is 0 Å². The quantitative estimate of drug-likeness (QED) is 0.795. The molecule has 1 heterocycles. The summed E-state index contributed by atoms with van der Waals surface area (Å²) in [6, 6.07) is 5.54. The molecule has 8 heteroatoms. The summed E-state index contributed by atoms with van der Waals surface area (Å²) in [5.41, 5.74) is 0.765. The Morgan fingerprint density at radius 1 is 1.42 bits per heavy atom. The van der Waals surface area contributed by atoms with Crippen LogP contribution in [0.15, 0.2) is 27.0 Å². The number of halogens is 1. The molecule has 1 unspecified atom stereocenters. The Morgan fingerprint density at radius 2 is 2.16 bits per heavy atom. The number of nitrogens with zero attached hydrogens (tertiary/aromatic N) is 1. The molecule has 1 aromatic heterocycles. The molecule has 2 N–H and O–H groups in total. The number of thioether (sulfide) groups is 1. The van der Waals surface area contributed by atoms with E-state index in [2.05, 4.69) is 20.9 Å². The fourth-order valence-corrected chi connectivity index (χ4v) is 4.22. The van der Waals surface area contributed by atoms with E-state index in [1.165, 1.54) is 11.3 Å². The molecule has 0 aliphatic carbocycles. The van der Waals surface area contributed by atoms with Gasteiger partial charge >= 0.3 is 11.9 Å². The van der Waals surface area contributed by atoms with E-state index >= 15 is 0 Å². The summed E-state index contributed by atoms with van der Waals surface area (Å²) in [7, 11) is 0. The van der Waals surface area contributed by atoms with Gasteiger partial charge in [0.15, 0.2) is 4.34 Å². The molecule has 0 saturated carbocycles. The van der Waals surface area contributed by atoms with Crippen LogP contribution in [-0.2, 0) is 9.59 Å². The summed E-state index contributed by atoms with van der Waals surface area (Å²) < 4.78 is 2.36. The number of aromatic nitrogens is 1. The van der Waals surface area contributed by atoms with Crippen LogP contribution in [0.1, 0.15) is 6.42 Å².